The highest BCUT2D eigenvalue weighted by molar-refractivity contribution is 9.10. The van der Waals surface area contributed by atoms with Gasteiger partial charge in [-0.3, -0.25) is 9.59 Å². The molecule has 0 N–H and O–H groups in total. The monoisotopic (exact) mass is 431 g/mol. The van der Waals surface area contributed by atoms with E-state index in [1.54, 1.807) is 0 Å². The van der Waals surface area contributed by atoms with Crippen LogP contribution in [0, 0.1) is 11.7 Å². The van der Waals surface area contributed by atoms with Crippen LogP contribution in [0.1, 0.15) is 44.0 Å². The highest BCUT2D eigenvalue weighted by atomic mass is 79.9. The second-order valence-corrected chi connectivity index (χ2v) is 7.60. The highest BCUT2D eigenvalue weighted by Crippen LogP contribution is 2.36. The van der Waals surface area contributed by atoms with E-state index in [0.29, 0.717) is 16.0 Å². The van der Waals surface area contributed by atoms with E-state index in [4.69, 9.17) is 10.3 Å². The zero-order valence-electron chi connectivity index (χ0n) is 14.2. The summed E-state index contributed by atoms with van der Waals surface area (Å²) in [7, 11) is 0. The van der Waals surface area contributed by atoms with Crippen LogP contribution in [0.3, 0.4) is 0 Å². The van der Waals surface area contributed by atoms with Crippen molar-refractivity contribution in [3.63, 3.8) is 0 Å². The summed E-state index contributed by atoms with van der Waals surface area (Å²) in [6.45, 7) is 6.11. The first-order valence-corrected chi connectivity index (χ1v) is 9.40. The number of rotatable bonds is 8. The Morgan fingerprint density at radius 1 is 1.44 bits per heavy atom. The fourth-order valence-corrected chi connectivity index (χ4v) is 3.53. The molecule has 1 aromatic rings. The lowest BCUT2D eigenvalue weighted by Crippen LogP contribution is -2.26. The predicted molar refractivity (Wildman–Crippen MR) is 97.9 cm³/mol. The molecule has 0 heterocycles. The molecule has 9 heteroatoms. The molecule has 0 fully saturated rings. The molecule has 0 aliphatic carbocycles. The maximum absolute atomic E-state index is 13.9. The van der Waals surface area contributed by atoms with Gasteiger partial charge in [-0.15, -0.1) is 11.8 Å². The molecule has 0 aromatic heterocycles. The van der Waals surface area contributed by atoms with Crippen molar-refractivity contribution in [3.8, 4) is 0 Å². The summed E-state index contributed by atoms with van der Waals surface area (Å²) >= 11 is 4.41. The molecule has 1 amide bonds. The van der Waals surface area contributed by atoms with Gasteiger partial charge in [0.2, 0.25) is 0 Å². The number of ether oxygens (including phenoxy) is 1. The second-order valence-electron chi connectivity index (χ2n) is 5.56. The van der Waals surface area contributed by atoms with Crippen molar-refractivity contribution in [2.45, 2.75) is 43.8 Å². The maximum atomic E-state index is 13.9. The van der Waals surface area contributed by atoms with Crippen molar-refractivity contribution in [1.29, 1.82) is 0 Å². The number of esters is 1. The van der Waals surface area contributed by atoms with E-state index in [-0.39, 0.29) is 17.5 Å². The van der Waals surface area contributed by atoms with Gasteiger partial charge in [-0.2, -0.15) is 0 Å². The normalized spacial score (nSPS) is 11.8. The minimum Gasteiger partial charge on any atom is -0.465 e. The third-order valence-corrected chi connectivity index (χ3v) is 5.72. The predicted octanol–water partition coefficient (Wildman–Crippen LogP) is 5.50. The van der Waals surface area contributed by atoms with Gasteiger partial charge in [0, 0.05) is 14.3 Å². The zero-order valence-corrected chi connectivity index (χ0v) is 16.6. The van der Waals surface area contributed by atoms with E-state index in [0.717, 1.165) is 18.9 Å². The summed E-state index contributed by atoms with van der Waals surface area (Å²) in [5.41, 5.74) is 8.00. The van der Waals surface area contributed by atoms with Gasteiger partial charge in [-0.05, 0) is 51.0 Å². The molecule has 0 radical (unpaired) electrons. The number of hydrogen-bond acceptors (Lipinski definition) is 4. The molecule has 0 saturated heterocycles. The zero-order chi connectivity index (χ0) is 19.0. The Bertz CT molecular complexity index is 693. The number of nitrogens with zero attached hydrogens (tertiary/aromatic N) is 3. The number of thioether (sulfide) groups is 1. The van der Waals surface area contributed by atoms with Gasteiger partial charge in [-0.25, -0.2) is 4.39 Å². The van der Waals surface area contributed by atoms with Crippen LogP contribution >= 0.6 is 27.7 Å². The van der Waals surface area contributed by atoms with Gasteiger partial charge in [-0.1, -0.05) is 27.2 Å². The number of hydrogen-bond donors (Lipinski definition) is 0. The van der Waals surface area contributed by atoms with E-state index in [1.807, 2.05) is 20.8 Å². The van der Waals surface area contributed by atoms with E-state index in [9.17, 15) is 14.0 Å². The number of halogens is 2. The van der Waals surface area contributed by atoms with Crippen LogP contribution < -0.4 is 0 Å². The van der Waals surface area contributed by atoms with E-state index >= 15 is 0 Å². The lowest BCUT2D eigenvalue weighted by molar-refractivity contribution is -0.143. The molecule has 1 unspecified atom stereocenters. The SMILES string of the molecule is CCCCOC(=O)C(Sc1cc(C(=O)N=[N+]=[N-])c(F)cc1Br)C(C)C. The first kappa shape index (κ1) is 21.5. The molecular formula is C16H19BrFN3O3S. The van der Waals surface area contributed by atoms with Crippen molar-refractivity contribution in [1.82, 2.24) is 0 Å². The summed E-state index contributed by atoms with van der Waals surface area (Å²) in [5, 5.41) is 2.40. The molecule has 0 bridgehead atoms. The summed E-state index contributed by atoms with van der Waals surface area (Å²) in [6.07, 6.45) is 1.70. The molecule has 1 rings (SSSR count). The molecule has 0 aliphatic heterocycles. The molecule has 1 atom stereocenters. The fourth-order valence-electron chi connectivity index (χ4n) is 1.87. The summed E-state index contributed by atoms with van der Waals surface area (Å²) in [6, 6.07) is 2.39. The third kappa shape index (κ3) is 6.34. The van der Waals surface area contributed by atoms with Gasteiger partial charge in [0.1, 0.15) is 11.1 Å². The molecule has 0 spiro atoms. The maximum Gasteiger partial charge on any atom is 0.319 e. The number of amides is 1. The van der Waals surface area contributed by atoms with E-state index < -0.39 is 17.0 Å². The van der Waals surface area contributed by atoms with Gasteiger partial charge >= 0.3 is 5.97 Å². The molecule has 25 heavy (non-hydrogen) atoms. The molecule has 6 nitrogen and oxygen atoms in total. The number of carbonyl (C=O) groups is 2. The number of carbonyl (C=O) groups excluding carboxylic acids is 2. The van der Waals surface area contributed by atoms with Gasteiger partial charge in [0.05, 0.1) is 12.2 Å². The topological polar surface area (TPSA) is 92.1 Å². The Labute approximate surface area is 158 Å². The van der Waals surface area contributed by atoms with Gasteiger partial charge in [0.15, 0.2) is 0 Å². The third-order valence-electron chi connectivity index (χ3n) is 3.22. The molecule has 0 saturated carbocycles. The average Bonchev–Trinajstić information content (AvgIpc) is 2.54. The summed E-state index contributed by atoms with van der Waals surface area (Å²) in [5.74, 6) is -2.21. The Morgan fingerprint density at radius 3 is 2.68 bits per heavy atom. The van der Waals surface area contributed by atoms with Crippen molar-refractivity contribution in [3.05, 3.63) is 38.4 Å². The Morgan fingerprint density at radius 2 is 2.12 bits per heavy atom. The van der Waals surface area contributed by atoms with Crippen molar-refractivity contribution >= 4 is 39.6 Å². The standard InChI is InChI=1S/C16H19BrFN3O3S/c1-4-5-6-24-16(23)14(9(2)3)25-13-7-10(15(22)20-21-19)12(18)8-11(13)17/h7-9,14H,4-6H2,1-3H3. The first-order valence-electron chi connectivity index (χ1n) is 7.73. The van der Waals surface area contributed by atoms with Gasteiger partial charge < -0.3 is 4.74 Å². The lowest BCUT2D eigenvalue weighted by atomic mass is 10.1. The van der Waals surface area contributed by atoms with Crippen LogP contribution in [0.15, 0.2) is 26.6 Å². The Balaban J connectivity index is 3.08. The van der Waals surface area contributed by atoms with Crippen LogP contribution in [-0.4, -0.2) is 23.7 Å². The first-order chi connectivity index (χ1) is 11.8. The summed E-state index contributed by atoms with van der Waals surface area (Å²) in [4.78, 5) is 26.8. The second kappa shape index (κ2) is 10.4. The fraction of sp³-hybridized carbons (Fsp3) is 0.500. The Kier molecular flexibility index (Phi) is 8.96. The average molecular weight is 432 g/mol. The number of benzene rings is 1. The van der Waals surface area contributed by atoms with Crippen LogP contribution in [0.2, 0.25) is 0 Å². The minimum atomic E-state index is -1.01. The summed E-state index contributed by atoms with van der Waals surface area (Å²) < 4.78 is 19.6. The molecule has 0 aliphatic rings. The molecule has 136 valence electrons. The number of unbranched alkanes of at least 4 members (excludes halogenated alkanes) is 1. The lowest BCUT2D eigenvalue weighted by Gasteiger charge is -2.20. The quantitative estimate of drug-likeness (QED) is 0.135. The smallest absolute Gasteiger partial charge is 0.319 e. The molecule has 1 aromatic carbocycles. The Hall–Kier alpha value is -1.57. The number of azide groups is 1. The van der Waals surface area contributed by atoms with E-state index in [1.165, 1.54) is 17.8 Å². The minimum absolute atomic E-state index is 0.0349. The van der Waals surface area contributed by atoms with Crippen LogP contribution in [0.25, 0.3) is 10.4 Å². The van der Waals surface area contributed by atoms with Crippen molar-refractivity contribution in [2.75, 3.05) is 6.61 Å². The molecular weight excluding hydrogens is 413 g/mol. The highest BCUT2D eigenvalue weighted by Gasteiger charge is 2.27. The van der Waals surface area contributed by atoms with Crippen LogP contribution in [-0.2, 0) is 9.53 Å². The van der Waals surface area contributed by atoms with Crippen LogP contribution in [0.5, 0.6) is 0 Å². The van der Waals surface area contributed by atoms with Crippen LogP contribution in [0.4, 0.5) is 4.39 Å². The largest absolute Gasteiger partial charge is 0.465 e. The van der Waals surface area contributed by atoms with Crippen molar-refractivity contribution in [2.24, 2.45) is 11.0 Å². The van der Waals surface area contributed by atoms with Gasteiger partial charge in [0.25, 0.3) is 5.91 Å². The van der Waals surface area contributed by atoms with E-state index in [2.05, 4.69) is 26.0 Å². The van der Waals surface area contributed by atoms with Crippen molar-refractivity contribution < 1.29 is 18.7 Å².